The van der Waals surface area contributed by atoms with Gasteiger partial charge < -0.3 is 15.0 Å². The number of benzene rings is 1. The summed E-state index contributed by atoms with van der Waals surface area (Å²) in [6.07, 6.45) is 0.0778. The second-order valence-electron chi connectivity index (χ2n) is 6.07. The fourth-order valence-electron chi connectivity index (χ4n) is 2.69. The van der Waals surface area contributed by atoms with Crippen LogP contribution < -0.4 is 5.32 Å². The van der Waals surface area contributed by atoms with E-state index in [-0.39, 0.29) is 10.8 Å². The molecule has 25 heavy (non-hydrogen) atoms. The fraction of sp³-hybridized carbons (Fsp3) is 0.588. The topological polar surface area (TPSA) is 78.9 Å². The van der Waals surface area contributed by atoms with Crippen molar-refractivity contribution in [2.45, 2.75) is 31.3 Å². The Morgan fingerprint density at radius 2 is 1.76 bits per heavy atom. The zero-order chi connectivity index (χ0) is 18.4. The van der Waals surface area contributed by atoms with Crippen LogP contribution in [0.1, 0.15) is 20.3 Å². The van der Waals surface area contributed by atoms with Crippen molar-refractivity contribution >= 4 is 21.6 Å². The Balaban J connectivity index is 2.05. The van der Waals surface area contributed by atoms with Crippen molar-refractivity contribution in [1.82, 2.24) is 9.21 Å². The molecule has 7 nitrogen and oxygen atoms in total. The van der Waals surface area contributed by atoms with Crippen molar-refractivity contribution in [2.24, 2.45) is 0 Å². The van der Waals surface area contributed by atoms with E-state index in [1.807, 2.05) is 20.9 Å². The maximum Gasteiger partial charge on any atom is 0.253 e. The van der Waals surface area contributed by atoms with Gasteiger partial charge in [0.15, 0.2) is 0 Å². The fourth-order valence-corrected chi connectivity index (χ4v) is 4.11. The summed E-state index contributed by atoms with van der Waals surface area (Å²) in [5.41, 5.74) is 0.556. The number of likely N-dealkylation sites (N-methyl/N-ethyl adjacent to an activating group) is 1. The second kappa shape index (κ2) is 8.75. The molecule has 0 bridgehead atoms. The SMILES string of the molecule is CCOC(CC)C(=O)Nc1ccc(S(=O)(=O)N2CCN(C)CC2)cc1. The first-order valence-electron chi connectivity index (χ1n) is 8.59. The molecule has 0 saturated carbocycles. The van der Waals surface area contributed by atoms with Gasteiger partial charge in [-0.1, -0.05) is 6.92 Å². The molecular weight excluding hydrogens is 342 g/mol. The van der Waals surface area contributed by atoms with Crippen LogP contribution in [-0.2, 0) is 19.6 Å². The van der Waals surface area contributed by atoms with E-state index >= 15 is 0 Å². The van der Waals surface area contributed by atoms with Crippen LogP contribution in [0.4, 0.5) is 5.69 Å². The largest absolute Gasteiger partial charge is 0.369 e. The molecule has 1 aromatic rings. The summed E-state index contributed by atoms with van der Waals surface area (Å²) < 4.78 is 32.2. The smallest absolute Gasteiger partial charge is 0.253 e. The molecule has 0 spiro atoms. The summed E-state index contributed by atoms with van der Waals surface area (Å²) in [5.74, 6) is -0.223. The van der Waals surface area contributed by atoms with E-state index in [0.29, 0.717) is 31.8 Å². The Hall–Kier alpha value is -1.48. The maximum absolute atomic E-state index is 12.7. The number of hydrogen-bond acceptors (Lipinski definition) is 5. The van der Waals surface area contributed by atoms with Crippen molar-refractivity contribution < 1.29 is 17.9 Å². The molecule has 1 saturated heterocycles. The van der Waals surface area contributed by atoms with Crippen LogP contribution in [-0.4, -0.2) is 69.5 Å². The highest BCUT2D eigenvalue weighted by Crippen LogP contribution is 2.20. The standard InChI is InChI=1S/C17H27N3O4S/c1-4-16(24-5-2)17(21)18-14-6-8-15(9-7-14)25(22,23)20-12-10-19(3)11-13-20/h6-9,16H,4-5,10-13H2,1-3H3,(H,18,21). The van der Waals surface area contributed by atoms with Gasteiger partial charge in [-0.2, -0.15) is 4.31 Å². The molecule has 1 unspecified atom stereocenters. The Morgan fingerprint density at radius 3 is 2.28 bits per heavy atom. The van der Waals surface area contributed by atoms with Crippen LogP contribution >= 0.6 is 0 Å². The predicted molar refractivity (Wildman–Crippen MR) is 97.0 cm³/mol. The molecule has 2 rings (SSSR count). The number of rotatable bonds is 7. The summed E-state index contributed by atoms with van der Waals surface area (Å²) in [6.45, 7) is 6.62. The van der Waals surface area contributed by atoms with Crippen LogP contribution in [0.15, 0.2) is 29.2 Å². The molecule has 140 valence electrons. The van der Waals surface area contributed by atoms with Crippen LogP contribution in [0.3, 0.4) is 0 Å². The number of hydrogen-bond donors (Lipinski definition) is 1. The molecule has 1 amide bonds. The highest BCUT2D eigenvalue weighted by molar-refractivity contribution is 7.89. The predicted octanol–water partition coefficient (Wildman–Crippen LogP) is 1.38. The lowest BCUT2D eigenvalue weighted by Gasteiger charge is -2.31. The van der Waals surface area contributed by atoms with Crippen molar-refractivity contribution in [2.75, 3.05) is 45.2 Å². The number of sulfonamides is 1. The Labute approximate surface area is 150 Å². The van der Waals surface area contributed by atoms with Gasteiger partial charge >= 0.3 is 0 Å². The Kier molecular flexibility index (Phi) is 6.95. The Morgan fingerprint density at radius 1 is 1.16 bits per heavy atom. The third-order valence-electron chi connectivity index (χ3n) is 4.25. The lowest BCUT2D eigenvalue weighted by molar-refractivity contribution is -0.127. The van der Waals surface area contributed by atoms with Crippen molar-refractivity contribution in [1.29, 1.82) is 0 Å². The van der Waals surface area contributed by atoms with Crippen LogP contribution in [0.5, 0.6) is 0 Å². The zero-order valence-corrected chi connectivity index (χ0v) is 15.9. The van der Waals surface area contributed by atoms with Gasteiger partial charge in [0.1, 0.15) is 6.10 Å². The highest BCUT2D eigenvalue weighted by atomic mass is 32.2. The van der Waals surface area contributed by atoms with E-state index in [2.05, 4.69) is 10.2 Å². The van der Waals surface area contributed by atoms with Gasteiger partial charge in [-0.15, -0.1) is 0 Å². The average Bonchev–Trinajstić information content (AvgIpc) is 2.60. The number of nitrogens with one attached hydrogen (secondary N) is 1. The van der Waals surface area contributed by atoms with Gasteiger partial charge in [-0.3, -0.25) is 4.79 Å². The first kappa shape index (κ1) is 19.8. The number of carbonyl (C=O) groups excluding carboxylic acids is 1. The molecule has 8 heteroatoms. The van der Waals surface area contributed by atoms with Crippen molar-refractivity contribution in [3.05, 3.63) is 24.3 Å². The second-order valence-corrected chi connectivity index (χ2v) is 8.01. The van der Waals surface area contributed by atoms with Crippen molar-refractivity contribution in [3.63, 3.8) is 0 Å². The minimum atomic E-state index is -3.49. The zero-order valence-electron chi connectivity index (χ0n) is 15.1. The van der Waals surface area contributed by atoms with Gasteiger partial charge in [0.2, 0.25) is 10.0 Å². The summed E-state index contributed by atoms with van der Waals surface area (Å²) in [6, 6.07) is 6.29. The van der Waals surface area contributed by atoms with E-state index in [1.54, 1.807) is 12.1 Å². The molecule has 1 fully saturated rings. The summed E-state index contributed by atoms with van der Waals surface area (Å²) >= 11 is 0. The third-order valence-corrected chi connectivity index (χ3v) is 6.17. The summed E-state index contributed by atoms with van der Waals surface area (Å²) in [7, 11) is -1.51. The first-order valence-corrected chi connectivity index (χ1v) is 10.0. The molecule has 0 radical (unpaired) electrons. The minimum Gasteiger partial charge on any atom is -0.369 e. The first-order chi connectivity index (χ1) is 11.9. The van der Waals surface area contributed by atoms with E-state index in [4.69, 9.17) is 4.74 Å². The number of anilines is 1. The van der Waals surface area contributed by atoms with E-state index in [0.717, 1.165) is 13.1 Å². The van der Waals surface area contributed by atoms with E-state index in [9.17, 15) is 13.2 Å². The average molecular weight is 369 g/mol. The highest BCUT2D eigenvalue weighted by Gasteiger charge is 2.27. The van der Waals surface area contributed by atoms with Gasteiger partial charge in [0.25, 0.3) is 5.91 Å². The van der Waals surface area contributed by atoms with Crippen LogP contribution in [0, 0.1) is 0 Å². The molecule has 1 aliphatic heterocycles. The summed E-state index contributed by atoms with van der Waals surface area (Å²) in [4.78, 5) is 14.5. The van der Waals surface area contributed by atoms with E-state index < -0.39 is 16.1 Å². The molecular formula is C17H27N3O4S. The molecule has 1 atom stereocenters. The molecule has 0 aliphatic carbocycles. The monoisotopic (exact) mass is 369 g/mol. The van der Waals surface area contributed by atoms with Gasteiger partial charge in [-0.05, 0) is 44.7 Å². The molecule has 1 aromatic carbocycles. The molecule has 0 aromatic heterocycles. The van der Waals surface area contributed by atoms with Crippen molar-refractivity contribution in [3.8, 4) is 0 Å². The molecule has 1 N–H and O–H groups in total. The minimum absolute atomic E-state index is 0.223. The number of carbonyl (C=O) groups is 1. The number of ether oxygens (including phenoxy) is 1. The number of nitrogens with zero attached hydrogens (tertiary/aromatic N) is 2. The third kappa shape index (κ3) is 5.01. The van der Waals surface area contributed by atoms with Gasteiger partial charge in [0, 0.05) is 38.5 Å². The molecule has 1 heterocycles. The molecule has 1 aliphatic rings. The number of piperazine rings is 1. The lowest BCUT2D eigenvalue weighted by Crippen LogP contribution is -2.46. The normalized spacial score (nSPS) is 18.0. The number of amides is 1. The van der Waals surface area contributed by atoms with E-state index in [1.165, 1.54) is 16.4 Å². The summed E-state index contributed by atoms with van der Waals surface area (Å²) in [5, 5.41) is 2.76. The van der Waals surface area contributed by atoms with Gasteiger partial charge in [0.05, 0.1) is 4.90 Å². The Bertz CT molecular complexity index is 668. The maximum atomic E-state index is 12.7. The van der Waals surface area contributed by atoms with Crippen LogP contribution in [0.2, 0.25) is 0 Å². The van der Waals surface area contributed by atoms with Crippen LogP contribution in [0.25, 0.3) is 0 Å². The lowest BCUT2D eigenvalue weighted by atomic mass is 10.2. The van der Waals surface area contributed by atoms with Gasteiger partial charge in [-0.25, -0.2) is 8.42 Å². The quantitative estimate of drug-likeness (QED) is 0.785.